The maximum atomic E-state index is 12.1. The summed E-state index contributed by atoms with van der Waals surface area (Å²) in [6, 6.07) is 0. The van der Waals surface area contributed by atoms with Gasteiger partial charge in [-0.3, -0.25) is 0 Å². The van der Waals surface area contributed by atoms with E-state index in [4.69, 9.17) is 0 Å². The molecule has 6 heteroatoms. The number of halogens is 3. The fourth-order valence-electron chi connectivity index (χ4n) is 0.789. The van der Waals surface area contributed by atoms with Crippen molar-refractivity contribution in [3.05, 3.63) is 11.7 Å². The number of oxazole rings is 1. The number of alkyl halides is 3. The van der Waals surface area contributed by atoms with Crippen molar-refractivity contribution in [1.82, 2.24) is 4.98 Å². The van der Waals surface area contributed by atoms with Crippen LogP contribution in [-0.4, -0.2) is 12.0 Å². The second-order valence-corrected chi connectivity index (χ2v) is 2.16. The molecule has 1 heterocycles. The van der Waals surface area contributed by atoms with Crippen LogP contribution in [0.4, 0.5) is 19.0 Å². The van der Waals surface area contributed by atoms with E-state index in [2.05, 4.69) is 14.7 Å². The number of aryl methyl sites for hydroxylation is 1. The van der Waals surface area contributed by atoms with E-state index >= 15 is 0 Å². The molecule has 68 valence electrons. The third-order valence-corrected chi connectivity index (χ3v) is 1.23. The van der Waals surface area contributed by atoms with Gasteiger partial charge in [0.2, 0.25) is 0 Å². The molecule has 0 saturated heterocycles. The third kappa shape index (κ3) is 1.51. The first-order valence-electron chi connectivity index (χ1n) is 3.17. The predicted octanol–water partition coefficient (Wildman–Crippen LogP) is 2.04. The van der Waals surface area contributed by atoms with E-state index in [-0.39, 0.29) is 11.7 Å². The van der Waals surface area contributed by atoms with E-state index in [1.807, 2.05) is 0 Å². The van der Waals surface area contributed by atoms with Crippen molar-refractivity contribution in [1.29, 1.82) is 0 Å². The Morgan fingerprint density at radius 1 is 1.42 bits per heavy atom. The molecule has 0 aromatic carbocycles. The second-order valence-electron chi connectivity index (χ2n) is 2.16. The van der Waals surface area contributed by atoms with Gasteiger partial charge in [-0.2, -0.15) is 18.2 Å². The summed E-state index contributed by atoms with van der Waals surface area (Å²) in [5.41, 5.74) is 0. The lowest BCUT2D eigenvalue weighted by Crippen LogP contribution is -2.06. The topological polar surface area (TPSA) is 38.1 Å². The van der Waals surface area contributed by atoms with Crippen LogP contribution in [0.15, 0.2) is 4.42 Å². The minimum Gasteiger partial charge on any atom is -0.434 e. The third-order valence-electron chi connectivity index (χ3n) is 1.23. The van der Waals surface area contributed by atoms with Crippen LogP contribution in [0, 0.1) is 6.92 Å². The van der Waals surface area contributed by atoms with Crippen LogP contribution in [0.3, 0.4) is 0 Å². The maximum Gasteiger partial charge on any atom is 0.453 e. The zero-order valence-electron chi connectivity index (χ0n) is 6.49. The van der Waals surface area contributed by atoms with Gasteiger partial charge < -0.3 is 9.73 Å². The van der Waals surface area contributed by atoms with Crippen molar-refractivity contribution >= 4 is 5.82 Å². The molecule has 0 unspecified atom stereocenters. The van der Waals surface area contributed by atoms with Crippen LogP contribution >= 0.6 is 0 Å². The Hall–Kier alpha value is -1.20. The first-order chi connectivity index (χ1) is 5.45. The second kappa shape index (κ2) is 2.69. The van der Waals surface area contributed by atoms with Gasteiger partial charge in [-0.25, -0.2) is 0 Å². The average Bonchev–Trinajstić information content (AvgIpc) is 2.29. The molecular weight excluding hydrogens is 173 g/mol. The molecular formula is C6H7F3N2O. The van der Waals surface area contributed by atoms with E-state index in [1.165, 1.54) is 14.0 Å². The van der Waals surface area contributed by atoms with Crippen LogP contribution in [0.25, 0.3) is 0 Å². The van der Waals surface area contributed by atoms with Crippen LogP contribution in [-0.2, 0) is 6.18 Å². The fraction of sp³-hybridized carbons (Fsp3) is 0.500. The van der Waals surface area contributed by atoms with Crippen molar-refractivity contribution in [2.75, 3.05) is 12.4 Å². The first-order valence-corrected chi connectivity index (χ1v) is 3.17. The van der Waals surface area contributed by atoms with Crippen molar-refractivity contribution in [2.45, 2.75) is 13.1 Å². The minimum absolute atomic E-state index is 0.00771. The van der Waals surface area contributed by atoms with Gasteiger partial charge in [-0.05, 0) is 0 Å². The number of hydrogen-bond acceptors (Lipinski definition) is 3. The number of nitrogens with zero attached hydrogens (tertiary/aromatic N) is 1. The van der Waals surface area contributed by atoms with Crippen LogP contribution in [0.2, 0.25) is 0 Å². The monoisotopic (exact) mass is 180 g/mol. The number of nitrogens with one attached hydrogen (secondary N) is 1. The summed E-state index contributed by atoms with van der Waals surface area (Å²) in [5, 5.41) is 2.30. The Morgan fingerprint density at radius 2 is 2.00 bits per heavy atom. The van der Waals surface area contributed by atoms with Gasteiger partial charge >= 0.3 is 6.18 Å². The molecule has 0 aliphatic carbocycles. The molecule has 12 heavy (non-hydrogen) atoms. The maximum absolute atomic E-state index is 12.1. The minimum atomic E-state index is -4.49. The van der Waals surface area contributed by atoms with Crippen LogP contribution in [0.5, 0.6) is 0 Å². The summed E-state index contributed by atoms with van der Waals surface area (Å²) >= 11 is 0. The molecule has 0 atom stereocenters. The number of hydrogen-bond donors (Lipinski definition) is 1. The summed E-state index contributed by atoms with van der Waals surface area (Å²) in [7, 11) is 1.35. The molecule has 1 aromatic rings. The standard InChI is InChI=1S/C6H7F3N2O/c1-3-11-5(10-2)4(12-3)6(7,8)9/h10H,1-2H3. The van der Waals surface area contributed by atoms with Crippen molar-refractivity contribution in [2.24, 2.45) is 0 Å². The van der Waals surface area contributed by atoms with Gasteiger partial charge in [-0.15, -0.1) is 0 Å². The molecule has 0 aliphatic heterocycles. The SMILES string of the molecule is CNc1nc(C)oc1C(F)(F)F. The highest BCUT2D eigenvalue weighted by Crippen LogP contribution is 2.34. The predicted molar refractivity (Wildman–Crippen MR) is 35.8 cm³/mol. The summed E-state index contributed by atoms with van der Waals surface area (Å²) in [6.07, 6.45) is -4.49. The molecule has 0 spiro atoms. The van der Waals surface area contributed by atoms with Crippen LogP contribution in [0.1, 0.15) is 11.7 Å². The first kappa shape index (κ1) is 8.89. The van der Waals surface area contributed by atoms with E-state index in [0.717, 1.165) is 0 Å². The lowest BCUT2D eigenvalue weighted by molar-refractivity contribution is -0.152. The molecule has 0 aliphatic rings. The van der Waals surface area contributed by atoms with E-state index in [0.29, 0.717) is 0 Å². The highest BCUT2D eigenvalue weighted by atomic mass is 19.4. The largest absolute Gasteiger partial charge is 0.453 e. The Bertz CT molecular complexity index is 279. The van der Waals surface area contributed by atoms with Gasteiger partial charge in [-0.1, -0.05) is 0 Å². The lowest BCUT2D eigenvalue weighted by Gasteiger charge is -2.02. The van der Waals surface area contributed by atoms with Crippen molar-refractivity contribution < 1.29 is 17.6 Å². The molecule has 0 saturated carbocycles. The average molecular weight is 180 g/mol. The molecule has 0 radical (unpaired) electrons. The summed E-state index contributed by atoms with van der Waals surface area (Å²) < 4.78 is 40.6. The Labute approximate surface area is 66.6 Å². The smallest absolute Gasteiger partial charge is 0.434 e. The lowest BCUT2D eigenvalue weighted by atomic mass is 10.4. The molecule has 0 bridgehead atoms. The van der Waals surface area contributed by atoms with Gasteiger partial charge in [0, 0.05) is 14.0 Å². The van der Waals surface area contributed by atoms with Gasteiger partial charge in [0.05, 0.1) is 0 Å². The Balaban J connectivity index is 3.13. The van der Waals surface area contributed by atoms with Gasteiger partial charge in [0.25, 0.3) is 5.76 Å². The molecule has 1 N–H and O–H groups in total. The Morgan fingerprint density at radius 3 is 2.33 bits per heavy atom. The van der Waals surface area contributed by atoms with E-state index in [9.17, 15) is 13.2 Å². The zero-order valence-corrected chi connectivity index (χ0v) is 6.49. The number of aromatic nitrogens is 1. The quantitative estimate of drug-likeness (QED) is 0.718. The summed E-state index contributed by atoms with van der Waals surface area (Å²) in [6.45, 7) is 1.36. The molecule has 1 rings (SSSR count). The van der Waals surface area contributed by atoms with Crippen LogP contribution < -0.4 is 5.32 Å². The summed E-state index contributed by atoms with van der Waals surface area (Å²) in [5.74, 6) is -1.37. The van der Waals surface area contributed by atoms with Gasteiger partial charge in [0.15, 0.2) is 11.7 Å². The molecule has 3 nitrogen and oxygen atoms in total. The Kier molecular flexibility index (Phi) is 1.99. The fourth-order valence-corrected chi connectivity index (χ4v) is 0.789. The van der Waals surface area contributed by atoms with Gasteiger partial charge in [0.1, 0.15) is 0 Å². The molecule has 0 amide bonds. The van der Waals surface area contributed by atoms with Crippen molar-refractivity contribution in [3.63, 3.8) is 0 Å². The highest BCUT2D eigenvalue weighted by Gasteiger charge is 2.39. The van der Waals surface area contributed by atoms with E-state index < -0.39 is 11.9 Å². The normalized spacial score (nSPS) is 11.8. The number of rotatable bonds is 1. The zero-order chi connectivity index (χ0) is 9.35. The molecule has 1 aromatic heterocycles. The number of anilines is 1. The van der Waals surface area contributed by atoms with Crippen molar-refractivity contribution in [3.8, 4) is 0 Å². The highest BCUT2D eigenvalue weighted by molar-refractivity contribution is 5.39. The molecule has 0 fully saturated rings. The summed E-state index contributed by atoms with van der Waals surface area (Å²) in [4.78, 5) is 3.50. The van der Waals surface area contributed by atoms with E-state index in [1.54, 1.807) is 0 Å².